The number of benzene rings is 2. The van der Waals surface area contributed by atoms with E-state index in [1.165, 1.54) is 4.90 Å². The minimum atomic E-state index is -0.366. The van der Waals surface area contributed by atoms with E-state index in [0.29, 0.717) is 10.7 Å². The maximum absolute atomic E-state index is 12.3. The van der Waals surface area contributed by atoms with E-state index in [9.17, 15) is 9.59 Å². The highest BCUT2D eigenvalue weighted by Gasteiger charge is 2.15. The van der Waals surface area contributed by atoms with E-state index in [2.05, 4.69) is 10.6 Å². The van der Waals surface area contributed by atoms with Crippen molar-refractivity contribution in [3.8, 4) is 0 Å². The Bertz CT molecular complexity index is 765. The summed E-state index contributed by atoms with van der Waals surface area (Å²) in [5.74, 6) is -0.246. The Kier molecular flexibility index (Phi) is 6.04. The van der Waals surface area contributed by atoms with Crippen molar-refractivity contribution >= 4 is 34.9 Å². The smallest absolute Gasteiger partial charge is 0.322 e. The average molecular weight is 360 g/mol. The molecule has 0 aliphatic carbocycles. The van der Waals surface area contributed by atoms with Crippen LogP contribution in [0.3, 0.4) is 0 Å². The third kappa shape index (κ3) is 5.22. The van der Waals surface area contributed by atoms with Gasteiger partial charge < -0.3 is 15.5 Å². The number of carbonyl (C=O) groups excluding carboxylic acids is 2. The fourth-order valence-electron chi connectivity index (χ4n) is 2.60. The van der Waals surface area contributed by atoms with Crippen LogP contribution in [0, 0.1) is 20.8 Å². The summed E-state index contributed by atoms with van der Waals surface area (Å²) in [7, 11) is 1.57. The van der Waals surface area contributed by atoms with Gasteiger partial charge in [0.25, 0.3) is 0 Å². The third-order valence-corrected chi connectivity index (χ3v) is 4.02. The van der Waals surface area contributed by atoms with Gasteiger partial charge in [-0.15, -0.1) is 0 Å². The lowest BCUT2D eigenvalue weighted by atomic mass is 10.1. The molecular formula is C19H22ClN3O2. The van der Waals surface area contributed by atoms with Gasteiger partial charge in [-0.1, -0.05) is 29.3 Å². The largest absolute Gasteiger partial charge is 0.324 e. The van der Waals surface area contributed by atoms with Gasteiger partial charge >= 0.3 is 6.03 Å². The number of amides is 3. The van der Waals surface area contributed by atoms with E-state index in [-0.39, 0.29) is 18.5 Å². The minimum Gasteiger partial charge on any atom is -0.324 e. The first-order valence-electron chi connectivity index (χ1n) is 7.91. The standard InChI is InChI=1S/C19H22ClN3O2/c1-12-9-13(2)18(14(3)10-12)22-17(24)11-23(4)19(25)21-16-7-5-15(20)6-8-16/h5-10H,11H2,1-4H3,(H,21,25)(H,22,24). The summed E-state index contributed by atoms with van der Waals surface area (Å²) in [5, 5.41) is 6.19. The van der Waals surface area contributed by atoms with E-state index in [1.54, 1.807) is 31.3 Å². The molecule has 0 saturated carbocycles. The number of hydrogen-bond acceptors (Lipinski definition) is 2. The molecule has 2 aromatic carbocycles. The molecule has 132 valence electrons. The van der Waals surface area contributed by atoms with E-state index in [4.69, 9.17) is 11.6 Å². The first-order chi connectivity index (χ1) is 11.8. The second kappa shape index (κ2) is 8.03. The van der Waals surface area contributed by atoms with Crippen LogP contribution in [0.4, 0.5) is 16.2 Å². The van der Waals surface area contributed by atoms with Gasteiger partial charge in [-0.2, -0.15) is 0 Å². The van der Waals surface area contributed by atoms with Gasteiger partial charge in [0, 0.05) is 23.4 Å². The quantitative estimate of drug-likeness (QED) is 0.851. The summed E-state index contributed by atoms with van der Waals surface area (Å²) in [4.78, 5) is 25.8. The Morgan fingerprint density at radius 1 is 1.00 bits per heavy atom. The monoisotopic (exact) mass is 359 g/mol. The molecule has 0 bridgehead atoms. The van der Waals surface area contributed by atoms with Crippen LogP contribution in [0.25, 0.3) is 0 Å². The van der Waals surface area contributed by atoms with Crippen molar-refractivity contribution in [1.29, 1.82) is 0 Å². The number of urea groups is 1. The number of likely N-dealkylation sites (N-methyl/N-ethyl adjacent to an activating group) is 1. The van der Waals surface area contributed by atoms with Crippen molar-refractivity contribution in [3.63, 3.8) is 0 Å². The molecule has 3 amide bonds. The highest BCUT2D eigenvalue weighted by molar-refractivity contribution is 6.30. The van der Waals surface area contributed by atoms with Gasteiger partial charge in [-0.25, -0.2) is 4.79 Å². The molecule has 2 rings (SSSR count). The van der Waals surface area contributed by atoms with E-state index in [0.717, 1.165) is 22.4 Å². The lowest BCUT2D eigenvalue weighted by Gasteiger charge is -2.19. The Morgan fingerprint density at radius 3 is 2.12 bits per heavy atom. The molecule has 0 heterocycles. The van der Waals surface area contributed by atoms with Crippen molar-refractivity contribution in [3.05, 3.63) is 58.1 Å². The Morgan fingerprint density at radius 2 is 1.56 bits per heavy atom. The van der Waals surface area contributed by atoms with Crippen LogP contribution in [0.2, 0.25) is 5.02 Å². The highest BCUT2D eigenvalue weighted by atomic mass is 35.5. The second-order valence-electron chi connectivity index (χ2n) is 6.12. The number of carbonyl (C=O) groups is 2. The van der Waals surface area contributed by atoms with Gasteiger partial charge in [-0.05, 0) is 56.2 Å². The molecule has 5 nitrogen and oxygen atoms in total. The maximum atomic E-state index is 12.3. The van der Waals surface area contributed by atoms with Gasteiger partial charge in [-0.3, -0.25) is 4.79 Å². The summed E-state index contributed by atoms with van der Waals surface area (Å²) in [6.45, 7) is 5.87. The fourth-order valence-corrected chi connectivity index (χ4v) is 2.72. The summed E-state index contributed by atoms with van der Waals surface area (Å²) in [6.07, 6.45) is 0. The van der Waals surface area contributed by atoms with Crippen molar-refractivity contribution in [2.24, 2.45) is 0 Å². The van der Waals surface area contributed by atoms with Crippen LogP contribution in [0.15, 0.2) is 36.4 Å². The molecule has 0 radical (unpaired) electrons. The summed E-state index contributed by atoms with van der Waals surface area (Å²) in [6, 6.07) is 10.4. The van der Waals surface area contributed by atoms with Crippen LogP contribution in [0.1, 0.15) is 16.7 Å². The molecule has 2 N–H and O–H groups in total. The van der Waals surface area contributed by atoms with Crippen LogP contribution >= 0.6 is 11.6 Å². The number of aryl methyl sites for hydroxylation is 3. The van der Waals surface area contributed by atoms with E-state index >= 15 is 0 Å². The molecule has 6 heteroatoms. The number of anilines is 2. The number of halogens is 1. The average Bonchev–Trinajstić information content (AvgIpc) is 2.53. The molecule has 0 unspecified atom stereocenters. The molecule has 2 aromatic rings. The predicted molar refractivity (Wildman–Crippen MR) is 102 cm³/mol. The second-order valence-corrected chi connectivity index (χ2v) is 6.55. The van der Waals surface area contributed by atoms with E-state index in [1.807, 2.05) is 32.9 Å². The number of nitrogens with one attached hydrogen (secondary N) is 2. The lowest BCUT2D eigenvalue weighted by Crippen LogP contribution is -2.37. The molecule has 0 fully saturated rings. The van der Waals surface area contributed by atoms with Crippen molar-refractivity contribution < 1.29 is 9.59 Å². The zero-order valence-electron chi connectivity index (χ0n) is 14.8. The van der Waals surface area contributed by atoms with Gasteiger partial charge in [0.1, 0.15) is 6.54 Å². The number of nitrogens with zero attached hydrogens (tertiary/aromatic N) is 1. The summed E-state index contributed by atoms with van der Waals surface area (Å²) < 4.78 is 0. The maximum Gasteiger partial charge on any atom is 0.322 e. The topological polar surface area (TPSA) is 61.4 Å². The van der Waals surface area contributed by atoms with Crippen LogP contribution in [-0.2, 0) is 4.79 Å². The summed E-state index contributed by atoms with van der Waals surface area (Å²) in [5.41, 5.74) is 4.56. The molecule has 0 aliphatic rings. The molecule has 0 aromatic heterocycles. The zero-order chi connectivity index (χ0) is 18.6. The fraction of sp³-hybridized carbons (Fsp3) is 0.263. The van der Waals surface area contributed by atoms with Gasteiger partial charge in [0.05, 0.1) is 0 Å². The number of rotatable bonds is 4. The van der Waals surface area contributed by atoms with Crippen LogP contribution in [0.5, 0.6) is 0 Å². The van der Waals surface area contributed by atoms with Crippen LogP contribution < -0.4 is 10.6 Å². The van der Waals surface area contributed by atoms with E-state index < -0.39 is 0 Å². The van der Waals surface area contributed by atoms with Crippen molar-refractivity contribution in [2.75, 3.05) is 24.2 Å². The third-order valence-electron chi connectivity index (χ3n) is 3.76. The van der Waals surface area contributed by atoms with Crippen molar-refractivity contribution in [1.82, 2.24) is 4.90 Å². The highest BCUT2D eigenvalue weighted by Crippen LogP contribution is 2.21. The Hall–Kier alpha value is -2.53. The van der Waals surface area contributed by atoms with Crippen LogP contribution in [-0.4, -0.2) is 30.4 Å². The van der Waals surface area contributed by atoms with Gasteiger partial charge in [0.2, 0.25) is 5.91 Å². The first kappa shape index (κ1) is 18.8. The Balaban J connectivity index is 1.95. The zero-order valence-corrected chi connectivity index (χ0v) is 15.6. The normalized spacial score (nSPS) is 10.3. The van der Waals surface area contributed by atoms with Crippen molar-refractivity contribution in [2.45, 2.75) is 20.8 Å². The SMILES string of the molecule is Cc1cc(C)c(NC(=O)CN(C)C(=O)Nc2ccc(Cl)cc2)c(C)c1. The molecule has 0 saturated heterocycles. The van der Waals surface area contributed by atoms with Gasteiger partial charge in [0.15, 0.2) is 0 Å². The summed E-state index contributed by atoms with van der Waals surface area (Å²) >= 11 is 5.82. The minimum absolute atomic E-state index is 0.0494. The first-order valence-corrected chi connectivity index (χ1v) is 8.29. The molecule has 0 spiro atoms. The predicted octanol–water partition coefficient (Wildman–Crippen LogP) is 4.37. The molecular weight excluding hydrogens is 338 g/mol. The molecule has 0 aliphatic heterocycles. The Labute approximate surface area is 153 Å². The lowest BCUT2D eigenvalue weighted by molar-refractivity contribution is -0.116. The number of hydrogen-bond donors (Lipinski definition) is 2. The molecule has 25 heavy (non-hydrogen) atoms. The molecule has 0 atom stereocenters.